The Balaban J connectivity index is 2.02. The van der Waals surface area contributed by atoms with E-state index in [1.807, 2.05) is 24.3 Å². The number of amides is 1. The molecule has 0 aromatic heterocycles. The number of allylic oxidation sites excluding steroid dienone is 1. The molecule has 2 aromatic carbocycles. The number of nitrogens with one attached hydrogen (secondary N) is 2. The van der Waals surface area contributed by atoms with Crippen molar-refractivity contribution in [2.75, 3.05) is 13.1 Å². The molecule has 2 aromatic rings. The summed E-state index contributed by atoms with van der Waals surface area (Å²) in [7, 11) is 0. The van der Waals surface area contributed by atoms with Crippen LogP contribution in [-0.4, -0.2) is 19.2 Å². The fraction of sp³-hybridized carbons (Fsp3) is 0.211. The molecular formula is C19H20ClIN2O2. The van der Waals surface area contributed by atoms with Gasteiger partial charge in [0.15, 0.2) is 0 Å². The van der Waals surface area contributed by atoms with Crippen LogP contribution in [0.4, 0.5) is 4.79 Å². The number of rotatable bonds is 7. The second kappa shape index (κ2) is 9.79. The Hall–Kier alpha value is -1.57. The Morgan fingerprint density at radius 3 is 2.24 bits per heavy atom. The predicted octanol–water partition coefficient (Wildman–Crippen LogP) is 4.88. The molecule has 0 saturated heterocycles. The molecule has 0 aliphatic heterocycles. The number of halogens is 2. The van der Waals surface area contributed by atoms with Crippen molar-refractivity contribution in [2.45, 2.75) is 13.0 Å². The molecule has 2 N–H and O–H groups in total. The summed E-state index contributed by atoms with van der Waals surface area (Å²) in [5, 5.41) is 6.85. The second-order valence-corrected chi connectivity index (χ2v) is 7.19. The van der Waals surface area contributed by atoms with Crippen molar-refractivity contribution in [3.63, 3.8) is 0 Å². The van der Waals surface area contributed by atoms with Gasteiger partial charge in [-0.1, -0.05) is 42.4 Å². The third-order valence-electron chi connectivity index (χ3n) is 3.42. The van der Waals surface area contributed by atoms with Crippen molar-refractivity contribution in [3.05, 3.63) is 80.6 Å². The Kier molecular flexibility index (Phi) is 7.74. The smallest absolute Gasteiger partial charge is 0.412 e. The molecule has 0 radical (unpaired) electrons. The van der Waals surface area contributed by atoms with Crippen LogP contribution in [0.2, 0.25) is 5.02 Å². The third-order valence-corrected chi connectivity index (χ3v) is 4.39. The lowest BCUT2D eigenvalue weighted by molar-refractivity contribution is 0.176. The van der Waals surface area contributed by atoms with Crippen molar-refractivity contribution in [1.29, 1.82) is 0 Å². The van der Waals surface area contributed by atoms with Gasteiger partial charge in [-0.15, -0.1) is 0 Å². The van der Waals surface area contributed by atoms with Crippen molar-refractivity contribution in [3.8, 4) is 0 Å². The maximum Gasteiger partial charge on any atom is 0.412 e. The topological polar surface area (TPSA) is 50.4 Å². The van der Waals surface area contributed by atoms with Gasteiger partial charge in [0.2, 0.25) is 0 Å². The van der Waals surface area contributed by atoms with Crippen molar-refractivity contribution in [1.82, 2.24) is 10.6 Å². The van der Waals surface area contributed by atoms with Gasteiger partial charge in [-0.05, 0) is 64.9 Å². The van der Waals surface area contributed by atoms with Gasteiger partial charge in [-0.3, -0.25) is 0 Å². The fourth-order valence-corrected chi connectivity index (χ4v) is 2.80. The summed E-state index contributed by atoms with van der Waals surface area (Å²) >= 11 is 8.28. The molecule has 1 amide bonds. The van der Waals surface area contributed by atoms with Crippen LogP contribution >= 0.6 is 34.2 Å². The molecule has 1 unspecified atom stereocenters. The van der Waals surface area contributed by atoms with Crippen LogP contribution in [0.15, 0.2) is 60.9 Å². The van der Waals surface area contributed by atoms with E-state index in [1.165, 1.54) is 3.57 Å². The number of hydrogen-bond acceptors (Lipinski definition) is 3. The number of alkyl carbamates (subject to hydrolysis) is 1. The molecule has 2 rings (SSSR count). The Labute approximate surface area is 166 Å². The largest absolute Gasteiger partial charge is 0.416 e. The monoisotopic (exact) mass is 470 g/mol. The van der Waals surface area contributed by atoms with Gasteiger partial charge in [0, 0.05) is 21.7 Å². The van der Waals surface area contributed by atoms with Crippen molar-refractivity contribution in [2.24, 2.45) is 0 Å². The van der Waals surface area contributed by atoms with E-state index in [0.29, 0.717) is 23.9 Å². The number of carbonyl (C=O) groups excluding carboxylic acids is 1. The van der Waals surface area contributed by atoms with E-state index < -0.39 is 6.09 Å². The van der Waals surface area contributed by atoms with E-state index in [4.69, 9.17) is 16.3 Å². The lowest BCUT2D eigenvalue weighted by Crippen LogP contribution is -2.34. The van der Waals surface area contributed by atoms with Crippen LogP contribution in [0.25, 0.3) is 0 Å². The first kappa shape index (κ1) is 19.8. The van der Waals surface area contributed by atoms with Gasteiger partial charge in [0.25, 0.3) is 0 Å². The molecule has 1 atom stereocenters. The second-order valence-electron chi connectivity index (χ2n) is 5.51. The summed E-state index contributed by atoms with van der Waals surface area (Å²) in [6, 6.07) is 16.1. The predicted molar refractivity (Wildman–Crippen MR) is 110 cm³/mol. The van der Waals surface area contributed by atoms with E-state index >= 15 is 0 Å². The maximum atomic E-state index is 11.5. The summed E-state index contributed by atoms with van der Waals surface area (Å²) in [4.78, 5) is 11.5. The minimum absolute atomic E-state index is 0.00762. The van der Waals surface area contributed by atoms with Crippen LogP contribution in [0, 0.1) is 3.57 Å². The fourth-order valence-electron chi connectivity index (χ4n) is 2.31. The molecule has 0 aliphatic rings. The number of hydrogen-bond donors (Lipinski definition) is 2. The standard InChI is InChI=1S/C19H20ClIN2O2/c1-13(2)25-19(24)23-12-11-22-18(14-3-7-16(20)8-4-14)15-5-9-17(21)10-6-15/h3-10,18,22H,1,11-12H2,2H3,(H,23,24). The Morgan fingerprint density at radius 2 is 1.68 bits per heavy atom. The highest BCUT2D eigenvalue weighted by molar-refractivity contribution is 14.1. The first-order valence-electron chi connectivity index (χ1n) is 7.81. The molecule has 0 aliphatic carbocycles. The highest BCUT2D eigenvalue weighted by Crippen LogP contribution is 2.24. The highest BCUT2D eigenvalue weighted by Gasteiger charge is 2.13. The van der Waals surface area contributed by atoms with Crippen molar-refractivity contribution < 1.29 is 9.53 Å². The summed E-state index contributed by atoms with van der Waals surface area (Å²) in [5.41, 5.74) is 2.25. The lowest BCUT2D eigenvalue weighted by atomic mass is 9.99. The van der Waals surface area contributed by atoms with Gasteiger partial charge in [0.05, 0.1) is 11.8 Å². The molecule has 25 heavy (non-hydrogen) atoms. The van der Waals surface area contributed by atoms with Crippen molar-refractivity contribution >= 4 is 40.3 Å². The zero-order valence-corrected chi connectivity index (χ0v) is 16.8. The minimum atomic E-state index is -0.494. The first-order chi connectivity index (χ1) is 12.0. The molecule has 0 fully saturated rings. The summed E-state index contributed by atoms with van der Waals surface area (Å²) in [6.07, 6.45) is -0.494. The number of ether oxygens (including phenoxy) is 1. The van der Waals surface area contributed by atoms with Gasteiger partial charge < -0.3 is 15.4 Å². The number of carbonyl (C=O) groups is 1. The quantitative estimate of drug-likeness (QED) is 0.344. The average Bonchev–Trinajstić information content (AvgIpc) is 2.56. The van der Waals surface area contributed by atoms with E-state index in [1.54, 1.807) is 6.92 Å². The van der Waals surface area contributed by atoms with Gasteiger partial charge in [-0.25, -0.2) is 4.79 Å². The lowest BCUT2D eigenvalue weighted by Gasteiger charge is -2.20. The molecule has 0 heterocycles. The summed E-state index contributed by atoms with van der Waals surface area (Å²) in [5.74, 6) is 0.364. The van der Waals surface area contributed by atoms with Crippen LogP contribution in [0.1, 0.15) is 24.1 Å². The normalized spacial score (nSPS) is 11.6. The third kappa shape index (κ3) is 6.68. The summed E-state index contributed by atoms with van der Waals surface area (Å²) in [6.45, 7) is 6.20. The Morgan fingerprint density at radius 1 is 1.12 bits per heavy atom. The van der Waals surface area contributed by atoms with Crippen LogP contribution in [0.3, 0.4) is 0 Å². The molecule has 132 valence electrons. The average molecular weight is 471 g/mol. The molecule has 4 nitrogen and oxygen atoms in total. The SMILES string of the molecule is C=C(C)OC(=O)NCCNC(c1ccc(Cl)cc1)c1ccc(I)cc1. The van der Waals surface area contributed by atoms with Gasteiger partial charge in [-0.2, -0.15) is 0 Å². The molecular weight excluding hydrogens is 451 g/mol. The van der Waals surface area contributed by atoms with Gasteiger partial charge in [0.1, 0.15) is 0 Å². The van der Waals surface area contributed by atoms with E-state index in [-0.39, 0.29) is 6.04 Å². The molecule has 0 saturated carbocycles. The minimum Gasteiger partial charge on any atom is -0.416 e. The zero-order valence-electron chi connectivity index (χ0n) is 13.9. The van der Waals surface area contributed by atoms with Gasteiger partial charge >= 0.3 is 6.09 Å². The Bertz CT molecular complexity index is 672. The van der Waals surface area contributed by atoms with E-state index in [0.717, 1.165) is 11.1 Å². The van der Waals surface area contributed by atoms with E-state index in [9.17, 15) is 4.79 Å². The number of benzene rings is 2. The molecule has 0 spiro atoms. The van der Waals surface area contributed by atoms with Crippen LogP contribution in [0.5, 0.6) is 0 Å². The maximum absolute atomic E-state index is 11.5. The van der Waals surface area contributed by atoms with E-state index in [2.05, 4.69) is 64.1 Å². The first-order valence-corrected chi connectivity index (χ1v) is 9.27. The highest BCUT2D eigenvalue weighted by atomic mass is 127. The summed E-state index contributed by atoms with van der Waals surface area (Å²) < 4.78 is 6.05. The van der Waals surface area contributed by atoms with Crippen LogP contribution in [-0.2, 0) is 4.74 Å². The zero-order chi connectivity index (χ0) is 18.2. The molecule has 6 heteroatoms. The molecule has 0 bridgehead atoms. The van der Waals surface area contributed by atoms with Crippen LogP contribution < -0.4 is 10.6 Å².